The van der Waals surface area contributed by atoms with Crippen molar-refractivity contribution in [1.82, 2.24) is 25.3 Å². The molecule has 0 aliphatic carbocycles. The number of aromatic nitrogens is 4. The van der Waals surface area contributed by atoms with Crippen molar-refractivity contribution in [2.75, 3.05) is 0 Å². The first-order valence-electron chi connectivity index (χ1n) is 8.46. The Balaban J connectivity index is 1.51. The van der Waals surface area contributed by atoms with Crippen LogP contribution in [0.1, 0.15) is 46.5 Å². The minimum absolute atomic E-state index is 0.248. The van der Waals surface area contributed by atoms with Gasteiger partial charge in [-0.1, -0.05) is 61.5 Å². The second kappa shape index (κ2) is 8.53. The Bertz CT molecular complexity index is 882. The Hall–Kier alpha value is -2.80. The second-order valence-electron chi connectivity index (χ2n) is 6.15. The number of carbonyl (C=O) groups excluding carboxylic acids is 1. The van der Waals surface area contributed by atoms with Crippen LogP contribution in [0.5, 0.6) is 0 Å². The van der Waals surface area contributed by atoms with Crippen LogP contribution in [0.15, 0.2) is 48.0 Å². The van der Waals surface area contributed by atoms with Gasteiger partial charge < -0.3 is 5.32 Å². The first kappa shape index (κ1) is 18.0. The standard InChI is InChI=1S/C19H21N5OS/c1-14(2)19-21-16(13-26-19)11-20-18(25)17-12-24(23-22-17)10-6-9-15-7-4-3-5-8-15/h3-9,12-14H,10-11H2,1-2H3,(H,20,25). The molecule has 0 unspecified atom stereocenters. The van der Waals surface area contributed by atoms with Crippen LogP contribution in [-0.2, 0) is 13.1 Å². The molecule has 0 saturated carbocycles. The summed E-state index contributed by atoms with van der Waals surface area (Å²) in [6, 6.07) is 10.0. The van der Waals surface area contributed by atoms with Crippen molar-refractivity contribution in [1.29, 1.82) is 0 Å². The van der Waals surface area contributed by atoms with Crippen molar-refractivity contribution in [3.8, 4) is 0 Å². The van der Waals surface area contributed by atoms with Gasteiger partial charge in [-0.2, -0.15) is 0 Å². The van der Waals surface area contributed by atoms with E-state index in [1.54, 1.807) is 22.2 Å². The summed E-state index contributed by atoms with van der Waals surface area (Å²) < 4.78 is 1.63. The molecule has 1 amide bonds. The van der Waals surface area contributed by atoms with Gasteiger partial charge in [0, 0.05) is 11.3 Å². The van der Waals surface area contributed by atoms with Crippen LogP contribution in [0.4, 0.5) is 0 Å². The van der Waals surface area contributed by atoms with Crippen LogP contribution in [0, 0.1) is 0 Å². The van der Waals surface area contributed by atoms with Gasteiger partial charge in [0.25, 0.3) is 5.91 Å². The third-order valence-corrected chi connectivity index (χ3v) is 4.86. The molecule has 0 saturated heterocycles. The lowest BCUT2D eigenvalue weighted by molar-refractivity contribution is 0.0945. The summed E-state index contributed by atoms with van der Waals surface area (Å²) >= 11 is 1.61. The number of nitrogens with zero attached hydrogens (tertiary/aromatic N) is 4. The van der Waals surface area contributed by atoms with Crippen molar-refractivity contribution < 1.29 is 4.79 Å². The fourth-order valence-corrected chi connectivity index (χ4v) is 3.12. The van der Waals surface area contributed by atoms with Crippen LogP contribution < -0.4 is 5.32 Å². The predicted octanol–water partition coefficient (Wildman–Crippen LogP) is 3.50. The summed E-state index contributed by atoms with van der Waals surface area (Å²) in [5, 5.41) is 13.8. The van der Waals surface area contributed by atoms with Gasteiger partial charge in [0.15, 0.2) is 5.69 Å². The maximum absolute atomic E-state index is 12.2. The number of benzene rings is 1. The van der Waals surface area contributed by atoms with E-state index in [1.807, 2.05) is 47.9 Å². The summed E-state index contributed by atoms with van der Waals surface area (Å²) in [4.78, 5) is 16.7. The second-order valence-corrected chi connectivity index (χ2v) is 7.04. The van der Waals surface area contributed by atoms with Crippen LogP contribution in [0.2, 0.25) is 0 Å². The summed E-state index contributed by atoms with van der Waals surface area (Å²) in [6.07, 6.45) is 5.63. The van der Waals surface area contributed by atoms with Crippen LogP contribution in [0.3, 0.4) is 0 Å². The molecule has 2 heterocycles. The lowest BCUT2D eigenvalue weighted by Crippen LogP contribution is -2.23. The van der Waals surface area contributed by atoms with Gasteiger partial charge in [0.2, 0.25) is 0 Å². The molecule has 0 aliphatic heterocycles. The van der Waals surface area contributed by atoms with E-state index >= 15 is 0 Å². The van der Waals surface area contributed by atoms with Crippen molar-refractivity contribution in [3.05, 3.63) is 69.9 Å². The van der Waals surface area contributed by atoms with Crippen molar-refractivity contribution in [2.45, 2.75) is 32.9 Å². The molecule has 26 heavy (non-hydrogen) atoms. The largest absolute Gasteiger partial charge is 0.345 e. The molecule has 0 aliphatic rings. The number of hydrogen-bond acceptors (Lipinski definition) is 5. The number of carbonyl (C=O) groups is 1. The molecular weight excluding hydrogens is 346 g/mol. The lowest BCUT2D eigenvalue weighted by Gasteiger charge is -2.00. The van der Waals surface area contributed by atoms with E-state index in [-0.39, 0.29) is 5.91 Å². The zero-order valence-electron chi connectivity index (χ0n) is 14.8. The maximum Gasteiger partial charge on any atom is 0.273 e. The Morgan fingerprint density at radius 1 is 1.31 bits per heavy atom. The zero-order chi connectivity index (χ0) is 18.4. The fraction of sp³-hybridized carbons (Fsp3) is 0.263. The number of nitrogens with one attached hydrogen (secondary N) is 1. The Morgan fingerprint density at radius 2 is 2.12 bits per heavy atom. The predicted molar refractivity (Wildman–Crippen MR) is 103 cm³/mol. The number of amides is 1. The topological polar surface area (TPSA) is 72.7 Å². The molecule has 7 heteroatoms. The zero-order valence-corrected chi connectivity index (χ0v) is 15.6. The number of rotatable bonds is 7. The average molecular weight is 367 g/mol. The summed E-state index contributed by atoms with van der Waals surface area (Å²) in [5.41, 5.74) is 2.29. The molecule has 1 N–H and O–H groups in total. The molecular formula is C19H21N5OS. The Labute approximate surface area is 156 Å². The number of thiazole rings is 1. The lowest BCUT2D eigenvalue weighted by atomic mass is 10.2. The Kier molecular flexibility index (Phi) is 5.91. The van der Waals surface area contributed by atoms with E-state index in [2.05, 4.69) is 34.5 Å². The molecule has 6 nitrogen and oxygen atoms in total. The van der Waals surface area contributed by atoms with Crippen molar-refractivity contribution in [3.63, 3.8) is 0 Å². The van der Waals surface area contributed by atoms with Crippen LogP contribution in [-0.4, -0.2) is 25.9 Å². The molecule has 0 atom stereocenters. The molecule has 0 fully saturated rings. The van der Waals surface area contributed by atoms with E-state index in [1.165, 1.54) is 0 Å². The first-order valence-corrected chi connectivity index (χ1v) is 9.34. The maximum atomic E-state index is 12.2. The molecule has 134 valence electrons. The van der Waals surface area contributed by atoms with Gasteiger partial charge in [0.1, 0.15) is 0 Å². The van der Waals surface area contributed by atoms with E-state index in [9.17, 15) is 4.79 Å². The fourth-order valence-electron chi connectivity index (χ4n) is 2.28. The third kappa shape index (κ3) is 4.86. The highest BCUT2D eigenvalue weighted by molar-refractivity contribution is 7.09. The van der Waals surface area contributed by atoms with Gasteiger partial charge in [-0.05, 0) is 5.56 Å². The van der Waals surface area contributed by atoms with Crippen molar-refractivity contribution >= 4 is 23.3 Å². The highest BCUT2D eigenvalue weighted by Gasteiger charge is 2.11. The Morgan fingerprint density at radius 3 is 2.85 bits per heavy atom. The minimum Gasteiger partial charge on any atom is -0.345 e. The van der Waals surface area contributed by atoms with E-state index in [0.29, 0.717) is 24.7 Å². The summed E-state index contributed by atoms with van der Waals surface area (Å²) in [6.45, 7) is 5.15. The molecule has 2 aromatic heterocycles. The monoisotopic (exact) mass is 367 g/mol. The van der Waals surface area contributed by atoms with E-state index in [0.717, 1.165) is 16.3 Å². The molecule has 1 aromatic carbocycles. The van der Waals surface area contributed by atoms with Crippen LogP contribution >= 0.6 is 11.3 Å². The number of allylic oxidation sites excluding steroid dienone is 1. The third-order valence-electron chi connectivity index (χ3n) is 3.67. The van der Waals surface area contributed by atoms with Gasteiger partial charge in [-0.15, -0.1) is 16.4 Å². The molecule has 0 bridgehead atoms. The molecule has 0 spiro atoms. The smallest absolute Gasteiger partial charge is 0.273 e. The quantitative estimate of drug-likeness (QED) is 0.694. The number of hydrogen-bond donors (Lipinski definition) is 1. The van der Waals surface area contributed by atoms with E-state index in [4.69, 9.17) is 0 Å². The van der Waals surface area contributed by atoms with Gasteiger partial charge in [-0.25, -0.2) is 9.67 Å². The van der Waals surface area contributed by atoms with Gasteiger partial charge >= 0.3 is 0 Å². The molecule has 0 radical (unpaired) electrons. The highest BCUT2D eigenvalue weighted by atomic mass is 32.1. The minimum atomic E-state index is -0.248. The first-order chi connectivity index (χ1) is 12.6. The SMILES string of the molecule is CC(C)c1nc(CNC(=O)c2cn(CC=Cc3ccccc3)nn2)cs1. The summed E-state index contributed by atoms with van der Waals surface area (Å²) in [7, 11) is 0. The van der Waals surface area contributed by atoms with Gasteiger partial charge in [-0.3, -0.25) is 4.79 Å². The molecule has 3 aromatic rings. The molecule has 3 rings (SSSR count). The van der Waals surface area contributed by atoms with Crippen LogP contribution in [0.25, 0.3) is 6.08 Å². The van der Waals surface area contributed by atoms with Crippen molar-refractivity contribution in [2.24, 2.45) is 0 Å². The highest BCUT2D eigenvalue weighted by Crippen LogP contribution is 2.18. The van der Waals surface area contributed by atoms with E-state index < -0.39 is 0 Å². The average Bonchev–Trinajstić information content (AvgIpc) is 3.30. The van der Waals surface area contributed by atoms with Gasteiger partial charge in [0.05, 0.1) is 30.0 Å². The normalized spacial score (nSPS) is 11.3. The summed E-state index contributed by atoms with van der Waals surface area (Å²) in [5.74, 6) is 0.149.